The van der Waals surface area contributed by atoms with E-state index in [1.807, 2.05) is 18.2 Å². The fourth-order valence-corrected chi connectivity index (χ4v) is 4.11. The first-order chi connectivity index (χ1) is 17.5. The molecule has 11 nitrogen and oxygen atoms in total. The van der Waals surface area contributed by atoms with Gasteiger partial charge >= 0.3 is 5.69 Å². The number of hydrogen-bond acceptors (Lipinski definition) is 7. The standard InChI is InChI=1S/C25H27N7O4/c1-30-21(14-20(28-30)19-13-18(35-2)8-9-22(19)36-3)24(33)27-11-12-31-25(34)32(17-6-7-17)23(29-31)16-5-4-10-26-15-16/h4-5,8-10,13-15,17H,6-7,11-12H2,1-3H3,(H,27,33). The van der Waals surface area contributed by atoms with Crippen molar-refractivity contribution in [2.75, 3.05) is 20.8 Å². The predicted molar refractivity (Wildman–Crippen MR) is 132 cm³/mol. The number of carbonyl (C=O) groups excluding carboxylic acids is 1. The fourth-order valence-electron chi connectivity index (χ4n) is 4.11. The van der Waals surface area contributed by atoms with Gasteiger partial charge in [-0.05, 0) is 49.2 Å². The van der Waals surface area contributed by atoms with Crippen molar-refractivity contribution >= 4 is 5.91 Å². The molecule has 1 saturated carbocycles. The van der Waals surface area contributed by atoms with Gasteiger partial charge in [0.1, 0.15) is 17.2 Å². The number of amides is 1. The molecule has 0 radical (unpaired) electrons. The molecule has 0 atom stereocenters. The van der Waals surface area contributed by atoms with Crippen LogP contribution in [0.5, 0.6) is 11.5 Å². The highest BCUT2D eigenvalue weighted by molar-refractivity contribution is 5.93. The van der Waals surface area contributed by atoms with Gasteiger partial charge in [-0.15, -0.1) is 5.10 Å². The highest BCUT2D eigenvalue weighted by Gasteiger charge is 2.30. The van der Waals surface area contributed by atoms with Crippen LogP contribution in [-0.2, 0) is 13.6 Å². The second kappa shape index (κ2) is 9.68. The van der Waals surface area contributed by atoms with Gasteiger partial charge in [0.05, 0.1) is 26.5 Å². The van der Waals surface area contributed by atoms with E-state index < -0.39 is 0 Å². The van der Waals surface area contributed by atoms with Crippen LogP contribution in [0, 0.1) is 0 Å². The number of pyridine rings is 1. The SMILES string of the molecule is COc1ccc(OC)c(-c2cc(C(=O)NCCn3nc(-c4cccnc4)n(C4CC4)c3=O)n(C)n2)c1. The van der Waals surface area contributed by atoms with Crippen LogP contribution >= 0.6 is 0 Å². The van der Waals surface area contributed by atoms with E-state index in [1.165, 1.54) is 9.36 Å². The number of nitrogens with one attached hydrogen (secondary N) is 1. The maximum Gasteiger partial charge on any atom is 0.346 e. The summed E-state index contributed by atoms with van der Waals surface area (Å²) in [7, 11) is 4.86. The van der Waals surface area contributed by atoms with Crippen molar-refractivity contribution < 1.29 is 14.3 Å². The van der Waals surface area contributed by atoms with Crippen LogP contribution < -0.4 is 20.5 Å². The number of nitrogens with zero attached hydrogens (tertiary/aromatic N) is 6. The summed E-state index contributed by atoms with van der Waals surface area (Å²) in [6.45, 7) is 0.474. The van der Waals surface area contributed by atoms with Crippen molar-refractivity contribution in [2.24, 2.45) is 7.05 Å². The number of hydrogen-bond donors (Lipinski definition) is 1. The van der Waals surface area contributed by atoms with Crippen molar-refractivity contribution in [3.63, 3.8) is 0 Å². The summed E-state index contributed by atoms with van der Waals surface area (Å²) in [5.41, 5.74) is 2.28. The lowest BCUT2D eigenvalue weighted by Crippen LogP contribution is -2.32. The summed E-state index contributed by atoms with van der Waals surface area (Å²) in [6, 6.07) is 11.0. The zero-order valence-corrected chi connectivity index (χ0v) is 20.3. The third kappa shape index (κ3) is 4.47. The third-order valence-corrected chi connectivity index (χ3v) is 6.11. The van der Waals surface area contributed by atoms with Gasteiger partial charge in [-0.3, -0.25) is 19.0 Å². The van der Waals surface area contributed by atoms with E-state index in [1.54, 1.807) is 56.4 Å². The number of aromatic nitrogens is 6. The van der Waals surface area contributed by atoms with E-state index in [0.717, 1.165) is 18.4 Å². The second-order valence-electron chi connectivity index (χ2n) is 8.53. The molecule has 1 amide bonds. The summed E-state index contributed by atoms with van der Waals surface area (Å²) < 4.78 is 15.4. The maximum atomic E-state index is 13.0. The molecule has 1 N–H and O–H groups in total. The van der Waals surface area contributed by atoms with E-state index in [0.29, 0.717) is 34.3 Å². The molecule has 0 unspecified atom stereocenters. The van der Waals surface area contributed by atoms with Gasteiger partial charge in [0.2, 0.25) is 0 Å². The first kappa shape index (κ1) is 23.3. The maximum absolute atomic E-state index is 13.0. The Hall–Kier alpha value is -4.41. The van der Waals surface area contributed by atoms with E-state index in [2.05, 4.69) is 20.5 Å². The fraction of sp³-hybridized carbons (Fsp3) is 0.320. The van der Waals surface area contributed by atoms with Crippen molar-refractivity contribution in [3.8, 4) is 34.1 Å². The lowest BCUT2D eigenvalue weighted by molar-refractivity contribution is 0.0942. The zero-order chi connectivity index (χ0) is 25.2. The largest absolute Gasteiger partial charge is 0.497 e. The highest BCUT2D eigenvalue weighted by atomic mass is 16.5. The minimum absolute atomic E-state index is 0.164. The number of aryl methyl sites for hydroxylation is 1. The van der Waals surface area contributed by atoms with Crippen LogP contribution in [0.3, 0.4) is 0 Å². The number of rotatable bonds is 9. The lowest BCUT2D eigenvalue weighted by Gasteiger charge is -2.08. The van der Waals surface area contributed by atoms with Crippen LogP contribution in [0.4, 0.5) is 0 Å². The molecule has 0 spiro atoms. The Morgan fingerprint density at radius 1 is 1.14 bits per heavy atom. The summed E-state index contributed by atoms with van der Waals surface area (Å²) in [5, 5.41) is 11.9. The van der Waals surface area contributed by atoms with Crippen LogP contribution in [-0.4, -0.2) is 55.8 Å². The average molecular weight is 490 g/mol. The summed E-state index contributed by atoms with van der Waals surface area (Å²) in [4.78, 5) is 30.1. The third-order valence-electron chi connectivity index (χ3n) is 6.11. The van der Waals surface area contributed by atoms with Crippen molar-refractivity contribution in [1.82, 2.24) is 34.4 Å². The van der Waals surface area contributed by atoms with E-state index in [4.69, 9.17) is 9.47 Å². The van der Waals surface area contributed by atoms with Gasteiger partial charge in [0, 0.05) is 43.2 Å². The first-order valence-corrected chi connectivity index (χ1v) is 11.6. The van der Waals surface area contributed by atoms with E-state index >= 15 is 0 Å². The molecule has 1 aliphatic carbocycles. The summed E-state index contributed by atoms with van der Waals surface area (Å²) >= 11 is 0. The Morgan fingerprint density at radius 2 is 1.97 bits per heavy atom. The Bertz CT molecular complexity index is 1450. The van der Waals surface area contributed by atoms with Crippen LogP contribution in [0.2, 0.25) is 0 Å². The summed E-state index contributed by atoms with van der Waals surface area (Å²) in [5.74, 6) is 1.57. The molecule has 36 heavy (non-hydrogen) atoms. The Balaban J connectivity index is 1.31. The molecule has 1 fully saturated rings. The molecule has 1 aliphatic rings. The van der Waals surface area contributed by atoms with Gasteiger partial charge in [-0.1, -0.05) is 0 Å². The van der Waals surface area contributed by atoms with Gasteiger partial charge < -0.3 is 14.8 Å². The predicted octanol–water partition coefficient (Wildman–Crippen LogP) is 2.29. The van der Waals surface area contributed by atoms with Crippen molar-refractivity contribution in [2.45, 2.75) is 25.4 Å². The number of benzene rings is 1. The Labute approximate surface area is 207 Å². The molecular weight excluding hydrogens is 462 g/mol. The van der Waals surface area contributed by atoms with Crippen LogP contribution in [0.25, 0.3) is 22.6 Å². The molecule has 0 aliphatic heterocycles. The van der Waals surface area contributed by atoms with Gasteiger partial charge in [0.25, 0.3) is 5.91 Å². The monoisotopic (exact) mass is 489 g/mol. The normalized spacial score (nSPS) is 13.0. The molecule has 3 heterocycles. The summed E-state index contributed by atoms with van der Waals surface area (Å²) in [6.07, 6.45) is 5.29. The first-order valence-electron chi connectivity index (χ1n) is 11.6. The zero-order valence-electron chi connectivity index (χ0n) is 20.3. The Kier molecular flexibility index (Phi) is 6.28. The van der Waals surface area contributed by atoms with Gasteiger partial charge in [-0.2, -0.15) is 5.10 Å². The minimum Gasteiger partial charge on any atom is -0.497 e. The molecule has 3 aromatic heterocycles. The number of ether oxygens (including phenoxy) is 2. The minimum atomic E-state index is -0.305. The molecule has 11 heteroatoms. The molecule has 4 aromatic rings. The van der Waals surface area contributed by atoms with Crippen molar-refractivity contribution in [3.05, 3.63) is 65.0 Å². The van der Waals surface area contributed by atoms with Gasteiger partial charge in [-0.25, -0.2) is 9.48 Å². The molecule has 0 saturated heterocycles. The average Bonchev–Trinajstić information content (AvgIpc) is 3.58. The number of methoxy groups -OCH3 is 2. The topological polar surface area (TPSA) is 118 Å². The Morgan fingerprint density at radius 3 is 2.67 bits per heavy atom. The van der Waals surface area contributed by atoms with Crippen molar-refractivity contribution in [1.29, 1.82) is 0 Å². The van der Waals surface area contributed by atoms with E-state index in [-0.39, 0.29) is 30.7 Å². The molecular formula is C25H27N7O4. The molecule has 186 valence electrons. The van der Waals surface area contributed by atoms with Crippen LogP contribution in [0.15, 0.2) is 53.6 Å². The number of carbonyl (C=O) groups is 1. The van der Waals surface area contributed by atoms with E-state index in [9.17, 15) is 9.59 Å². The lowest BCUT2D eigenvalue weighted by atomic mass is 10.1. The van der Waals surface area contributed by atoms with Gasteiger partial charge in [0.15, 0.2) is 5.82 Å². The quantitative estimate of drug-likeness (QED) is 0.383. The smallest absolute Gasteiger partial charge is 0.346 e. The van der Waals surface area contributed by atoms with Crippen LogP contribution in [0.1, 0.15) is 29.4 Å². The molecule has 0 bridgehead atoms. The molecule has 5 rings (SSSR count). The second-order valence-corrected chi connectivity index (χ2v) is 8.53. The molecule has 1 aromatic carbocycles. The highest BCUT2D eigenvalue weighted by Crippen LogP contribution is 2.36.